The number of benzene rings is 1. The number of esters is 2. The lowest BCUT2D eigenvalue weighted by Crippen LogP contribution is -2.57. The van der Waals surface area contributed by atoms with Gasteiger partial charge in [-0.2, -0.15) is 0 Å². The zero-order chi connectivity index (χ0) is 52.1. The Morgan fingerprint density at radius 1 is 0.884 bits per heavy atom. The van der Waals surface area contributed by atoms with Gasteiger partial charge in [0.2, 0.25) is 23.6 Å². The number of allylic oxidation sites excluding steroid dienone is 1. The molecule has 1 aliphatic heterocycles. The first-order chi connectivity index (χ1) is 32.5. The third-order valence-corrected chi connectivity index (χ3v) is 12.8. The molecule has 5 N–H and O–H groups in total. The van der Waals surface area contributed by atoms with Crippen LogP contribution in [0.1, 0.15) is 120 Å². The van der Waals surface area contributed by atoms with E-state index < -0.39 is 108 Å². The number of hydrogen-bond donors (Lipinski definition) is 5. The van der Waals surface area contributed by atoms with E-state index >= 15 is 0 Å². The van der Waals surface area contributed by atoms with Crippen LogP contribution in [0.25, 0.3) is 0 Å². The predicted octanol–water partition coefficient (Wildman–Crippen LogP) is 4.78. The summed E-state index contributed by atoms with van der Waals surface area (Å²) in [6.45, 7) is 16.5. The Kier molecular flexibility index (Phi) is 25.2. The number of nitrogens with zero attached hydrogens (tertiary/aromatic N) is 3. The van der Waals surface area contributed by atoms with Crippen molar-refractivity contribution < 1.29 is 58.0 Å². The van der Waals surface area contributed by atoms with Gasteiger partial charge in [-0.15, -0.1) is 0 Å². The number of aliphatic hydroxyl groups is 1. The molecule has 69 heavy (non-hydrogen) atoms. The smallest absolute Gasteiger partial charge is 0.407 e. The van der Waals surface area contributed by atoms with E-state index in [2.05, 4.69) is 16.0 Å². The maximum atomic E-state index is 14.3. The minimum atomic E-state index is -1.33. The van der Waals surface area contributed by atoms with E-state index in [1.165, 1.54) is 50.7 Å². The summed E-state index contributed by atoms with van der Waals surface area (Å²) >= 11 is 0. The molecular formula is C51H80N6O12. The molecule has 1 aromatic carbocycles. The second-order valence-electron chi connectivity index (χ2n) is 18.8. The van der Waals surface area contributed by atoms with Crippen molar-refractivity contribution in [2.75, 3.05) is 33.8 Å². The lowest BCUT2D eigenvalue weighted by molar-refractivity contribution is -0.154. The third kappa shape index (κ3) is 18.6. The molecule has 0 aliphatic carbocycles. The maximum absolute atomic E-state index is 14.3. The van der Waals surface area contributed by atoms with Gasteiger partial charge in [-0.25, -0.2) is 14.4 Å². The summed E-state index contributed by atoms with van der Waals surface area (Å²) in [6, 6.07) is 3.38. The normalized spacial score (nSPS) is 26.3. The highest BCUT2D eigenvalue weighted by Crippen LogP contribution is 2.28. The Balaban J connectivity index is 2.78. The summed E-state index contributed by atoms with van der Waals surface area (Å²) in [5.74, 6) is -6.27. The van der Waals surface area contributed by atoms with Gasteiger partial charge in [0.1, 0.15) is 30.3 Å². The molecule has 1 unspecified atom stereocenters. The molecule has 0 fully saturated rings. The molecule has 0 spiro atoms. The molecule has 386 valence electrons. The summed E-state index contributed by atoms with van der Waals surface area (Å²) in [4.78, 5) is 114. The number of hydrogen-bond acceptors (Lipinski definition) is 11. The van der Waals surface area contributed by atoms with Gasteiger partial charge in [-0.3, -0.25) is 24.0 Å². The average Bonchev–Trinajstić information content (AvgIpc) is 3.31. The van der Waals surface area contributed by atoms with Crippen molar-refractivity contribution in [3.8, 4) is 0 Å². The Bertz CT molecular complexity index is 1960. The van der Waals surface area contributed by atoms with Gasteiger partial charge in [-0.05, 0) is 83.3 Å². The van der Waals surface area contributed by atoms with Gasteiger partial charge in [0, 0.05) is 51.2 Å². The number of amides is 6. The van der Waals surface area contributed by atoms with Crippen LogP contribution in [-0.4, -0.2) is 149 Å². The molecule has 18 heteroatoms. The van der Waals surface area contributed by atoms with Crippen molar-refractivity contribution in [2.45, 2.75) is 163 Å². The minimum absolute atomic E-state index is 0.00744. The number of cyclic esters (lactones) is 2. The lowest BCUT2D eigenvalue weighted by Gasteiger charge is -2.38. The first-order valence-electron chi connectivity index (χ1n) is 24.3. The van der Waals surface area contributed by atoms with Crippen LogP contribution >= 0.6 is 0 Å². The molecule has 1 aromatic rings. The molecule has 0 radical (unpaired) electrons. The van der Waals surface area contributed by atoms with Crippen LogP contribution in [0.15, 0.2) is 53.6 Å². The molecule has 18 nitrogen and oxygen atoms in total. The van der Waals surface area contributed by atoms with Crippen molar-refractivity contribution in [3.63, 3.8) is 0 Å². The van der Waals surface area contributed by atoms with E-state index in [-0.39, 0.29) is 43.9 Å². The van der Waals surface area contributed by atoms with Crippen LogP contribution < -0.4 is 16.0 Å². The van der Waals surface area contributed by atoms with Gasteiger partial charge in [0.15, 0.2) is 6.10 Å². The van der Waals surface area contributed by atoms with E-state index in [4.69, 9.17) is 9.47 Å². The number of carbonyl (C=O) groups is 8. The number of ether oxygens (including phenoxy) is 2. The van der Waals surface area contributed by atoms with E-state index in [1.807, 2.05) is 20.8 Å². The third-order valence-electron chi connectivity index (χ3n) is 12.8. The zero-order valence-electron chi connectivity index (χ0n) is 42.9. The first kappa shape index (κ1) is 59.3. The Labute approximate surface area is 409 Å². The van der Waals surface area contributed by atoms with Crippen LogP contribution in [0.4, 0.5) is 4.79 Å². The van der Waals surface area contributed by atoms with Crippen molar-refractivity contribution in [3.05, 3.63) is 59.2 Å². The van der Waals surface area contributed by atoms with Gasteiger partial charge < -0.3 is 50.3 Å². The van der Waals surface area contributed by atoms with Crippen LogP contribution in [0.5, 0.6) is 0 Å². The standard InChI is InChI=1S/C51H80N6O12/c1-13-32(5)43-46(61)53-37(10)50(65)69-44(33(6)14-2)35(8)39(57(51(66)67)26-20-15-16-21-27-58)25-24-34(7)49(64)68-41(28-31(3)4)45(60)52-36(9)47(62)56(12)40(29-38-22-18-17-19-23-38)48(63)55(11)30-42(59)54-43/h14,17-19,22-24,31-32,35-37,39-41,43-44,58H,13,15-16,20-21,25-30H2,1-12H3,(H,52,60)(H,53,61)(H,54,59)(H,66,67)/b33-14+,34-24+/t32?,35-,36-,37+,39-,40+,41+,43-,44+/m0/s1. The van der Waals surface area contributed by atoms with Gasteiger partial charge >= 0.3 is 18.0 Å². The molecule has 1 aliphatic rings. The number of likely N-dealkylation sites (N-methyl/N-ethyl adjacent to an activating group) is 2. The first-order valence-corrected chi connectivity index (χ1v) is 24.3. The minimum Gasteiger partial charge on any atom is -0.465 e. The van der Waals surface area contributed by atoms with Gasteiger partial charge in [-0.1, -0.05) is 96.4 Å². The fourth-order valence-electron chi connectivity index (χ4n) is 8.11. The number of unbranched alkanes of at least 4 members (excludes halogenated alkanes) is 3. The number of carbonyl (C=O) groups excluding carboxylic acids is 7. The Morgan fingerprint density at radius 3 is 2.09 bits per heavy atom. The summed E-state index contributed by atoms with van der Waals surface area (Å²) in [6.07, 6.45) is 2.60. The van der Waals surface area contributed by atoms with Crippen LogP contribution in [-0.2, 0) is 49.5 Å². The Morgan fingerprint density at radius 2 is 1.51 bits per heavy atom. The van der Waals surface area contributed by atoms with Crippen LogP contribution in [0.3, 0.4) is 0 Å². The average molecular weight is 969 g/mol. The number of aliphatic hydroxyl groups excluding tert-OH is 1. The Hall–Kier alpha value is -5.78. The molecule has 1 heterocycles. The lowest BCUT2D eigenvalue weighted by atomic mass is 9.87. The fraction of sp³-hybridized carbons (Fsp3) is 0.647. The molecular weight excluding hydrogens is 889 g/mol. The van der Waals surface area contributed by atoms with Gasteiger partial charge in [0.05, 0.1) is 6.54 Å². The topological polar surface area (TPSA) is 241 Å². The number of carboxylic acid groups (broad SMARTS) is 1. The molecule has 0 bridgehead atoms. The summed E-state index contributed by atoms with van der Waals surface area (Å²) in [7, 11) is 2.83. The molecule has 6 amide bonds. The second kappa shape index (κ2) is 29.3. The molecule has 9 atom stereocenters. The van der Waals surface area contributed by atoms with Crippen molar-refractivity contribution >= 4 is 47.6 Å². The highest BCUT2D eigenvalue weighted by atomic mass is 16.6. The number of nitrogens with one attached hydrogen (secondary N) is 3. The molecule has 0 aromatic heterocycles. The summed E-state index contributed by atoms with van der Waals surface area (Å²) in [5.41, 5.74) is 1.39. The fourth-order valence-corrected chi connectivity index (χ4v) is 8.11. The van der Waals surface area contributed by atoms with E-state index in [9.17, 15) is 48.6 Å². The largest absolute Gasteiger partial charge is 0.465 e. The maximum Gasteiger partial charge on any atom is 0.407 e. The van der Waals surface area contributed by atoms with Crippen molar-refractivity contribution in [1.82, 2.24) is 30.7 Å². The zero-order valence-corrected chi connectivity index (χ0v) is 42.9. The second-order valence-corrected chi connectivity index (χ2v) is 18.8. The summed E-state index contributed by atoms with van der Waals surface area (Å²) in [5, 5.41) is 28.0. The van der Waals surface area contributed by atoms with Crippen molar-refractivity contribution in [1.29, 1.82) is 0 Å². The molecule has 0 saturated heterocycles. The van der Waals surface area contributed by atoms with E-state index in [1.54, 1.807) is 64.1 Å². The highest BCUT2D eigenvalue weighted by Gasteiger charge is 2.39. The van der Waals surface area contributed by atoms with E-state index in [0.29, 0.717) is 37.7 Å². The SMILES string of the molecule is C/C=C(\C)[C@H]1OC(=O)[C@@H](C)NC(=O)[C@H](C(C)CC)NC(=O)CN(C)C(=O)[C@@H](Cc2ccccc2)N(C)C(=O)[C@H](C)NC(=O)[C@@H](CC(C)C)OC(=O)/C(C)=C/C[C@H](N(CCCCCCO)C(=O)O)[C@@H]1C. The highest BCUT2D eigenvalue weighted by molar-refractivity contribution is 5.96. The van der Waals surface area contributed by atoms with Crippen LogP contribution in [0, 0.1) is 17.8 Å². The van der Waals surface area contributed by atoms with Crippen molar-refractivity contribution in [2.24, 2.45) is 17.8 Å². The monoisotopic (exact) mass is 969 g/mol. The van der Waals surface area contributed by atoms with Gasteiger partial charge in [0.25, 0.3) is 5.91 Å². The van der Waals surface area contributed by atoms with Crippen LogP contribution in [0.2, 0.25) is 0 Å². The summed E-state index contributed by atoms with van der Waals surface area (Å²) < 4.78 is 11.9. The quantitative estimate of drug-likeness (QED) is 0.0962. The predicted molar refractivity (Wildman–Crippen MR) is 261 cm³/mol. The molecule has 0 saturated carbocycles. The van der Waals surface area contributed by atoms with E-state index in [0.717, 1.165) is 10.5 Å². The number of rotatable bonds is 14. The molecule has 2 rings (SSSR count).